The maximum absolute atomic E-state index is 10.6. The van der Waals surface area contributed by atoms with Crippen LogP contribution in [0.1, 0.15) is 42.6 Å². The highest BCUT2D eigenvalue weighted by atomic mass is 16.4. The summed E-state index contributed by atoms with van der Waals surface area (Å²) in [4.78, 5) is 10.6. The van der Waals surface area contributed by atoms with Gasteiger partial charge in [0.1, 0.15) is 11.5 Å². The lowest BCUT2D eigenvalue weighted by atomic mass is 9.93. The van der Waals surface area contributed by atoms with Crippen LogP contribution < -0.4 is 5.11 Å². The van der Waals surface area contributed by atoms with E-state index in [1.165, 1.54) is 6.07 Å². The second-order valence-electron chi connectivity index (χ2n) is 4.12. The third-order valence-electron chi connectivity index (χ3n) is 1.88. The third kappa shape index (κ3) is 1.91. The van der Waals surface area contributed by atoms with Crippen LogP contribution in [0.5, 0.6) is 0 Å². The van der Waals surface area contributed by atoms with Gasteiger partial charge in [0.2, 0.25) is 0 Å². The van der Waals surface area contributed by atoms with Crippen molar-refractivity contribution >= 4 is 5.97 Å². The molecule has 0 N–H and O–H groups in total. The number of rotatable bonds is 1. The van der Waals surface area contributed by atoms with E-state index in [0.717, 1.165) is 0 Å². The molecule has 1 aromatic rings. The predicted octanol–water partition coefficient (Wildman–Crippen LogP) is 1.25. The fraction of sp³-hybridized carbons (Fsp3) is 0.500. The van der Waals surface area contributed by atoms with Crippen molar-refractivity contribution < 1.29 is 14.3 Å². The van der Waals surface area contributed by atoms with Crippen LogP contribution in [-0.2, 0) is 5.41 Å². The number of furan rings is 1. The molecule has 1 heterocycles. The molecule has 0 atom stereocenters. The van der Waals surface area contributed by atoms with Gasteiger partial charge in [-0.3, -0.25) is 0 Å². The van der Waals surface area contributed by atoms with E-state index in [-0.39, 0.29) is 11.0 Å². The Bertz CT molecular complexity index is 328. The van der Waals surface area contributed by atoms with E-state index in [2.05, 4.69) is 0 Å². The van der Waals surface area contributed by atoms with Crippen LogP contribution in [0.2, 0.25) is 0 Å². The Kier molecular flexibility index (Phi) is 2.20. The molecule has 0 radical (unpaired) electrons. The lowest BCUT2D eigenvalue weighted by Gasteiger charge is -2.13. The van der Waals surface area contributed by atoms with Gasteiger partial charge in [-0.25, -0.2) is 0 Å². The minimum atomic E-state index is -1.18. The molecule has 0 aromatic carbocycles. The summed E-state index contributed by atoms with van der Waals surface area (Å²) in [6, 6.07) is 1.53. The summed E-state index contributed by atoms with van der Waals surface area (Å²) >= 11 is 0. The predicted molar refractivity (Wildman–Crippen MR) is 46.5 cm³/mol. The number of aromatic carboxylic acids is 1. The summed E-state index contributed by atoms with van der Waals surface area (Å²) in [5.74, 6) is -0.106. The zero-order valence-corrected chi connectivity index (χ0v) is 8.30. The van der Waals surface area contributed by atoms with Gasteiger partial charge in [-0.2, -0.15) is 0 Å². The van der Waals surface area contributed by atoms with Crippen LogP contribution in [0.3, 0.4) is 0 Å². The molecular weight excluding hydrogens is 168 g/mol. The van der Waals surface area contributed by atoms with Crippen molar-refractivity contribution in [2.24, 2.45) is 0 Å². The van der Waals surface area contributed by atoms with Crippen LogP contribution in [0.15, 0.2) is 10.5 Å². The van der Waals surface area contributed by atoms with Gasteiger partial charge in [0, 0.05) is 11.0 Å². The molecule has 1 aromatic heterocycles. The van der Waals surface area contributed by atoms with Crippen LogP contribution in [0.4, 0.5) is 0 Å². The van der Waals surface area contributed by atoms with Crippen molar-refractivity contribution in [1.82, 2.24) is 0 Å². The van der Waals surface area contributed by atoms with Gasteiger partial charge < -0.3 is 14.3 Å². The summed E-state index contributed by atoms with van der Waals surface area (Å²) in [7, 11) is 0. The van der Waals surface area contributed by atoms with Crippen molar-refractivity contribution in [3.63, 3.8) is 0 Å². The molecule has 0 saturated heterocycles. The highest BCUT2D eigenvalue weighted by molar-refractivity contribution is 5.87. The molecule has 72 valence electrons. The first-order valence-electron chi connectivity index (χ1n) is 4.14. The Morgan fingerprint density at radius 2 is 2.00 bits per heavy atom. The second-order valence-corrected chi connectivity index (χ2v) is 4.12. The molecule has 3 heteroatoms. The van der Waals surface area contributed by atoms with E-state index in [1.807, 2.05) is 20.8 Å². The van der Waals surface area contributed by atoms with E-state index in [4.69, 9.17) is 4.42 Å². The summed E-state index contributed by atoms with van der Waals surface area (Å²) in [5.41, 5.74) is -0.0247. The average Bonchev–Trinajstić information content (AvgIpc) is 2.29. The van der Waals surface area contributed by atoms with E-state index >= 15 is 0 Å². The standard InChI is InChI=1S/C10H14O3/c1-6-7(9(11)12)5-8(13-6)10(2,3)4/h5H,1-4H3,(H,11,12)/p-1. The summed E-state index contributed by atoms with van der Waals surface area (Å²) < 4.78 is 5.32. The highest BCUT2D eigenvalue weighted by Gasteiger charge is 2.20. The molecular formula is C10H13O3-. The Balaban J connectivity index is 3.17. The molecule has 13 heavy (non-hydrogen) atoms. The van der Waals surface area contributed by atoms with Crippen LogP contribution >= 0.6 is 0 Å². The van der Waals surface area contributed by atoms with Crippen molar-refractivity contribution in [1.29, 1.82) is 0 Å². The Morgan fingerprint density at radius 3 is 2.23 bits per heavy atom. The molecule has 0 aliphatic heterocycles. The van der Waals surface area contributed by atoms with Gasteiger partial charge in [0.15, 0.2) is 0 Å². The lowest BCUT2D eigenvalue weighted by molar-refractivity contribution is -0.255. The number of hydrogen-bond donors (Lipinski definition) is 0. The summed E-state index contributed by atoms with van der Waals surface area (Å²) in [5, 5.41) is 10.6. The first kappa shape index (κ1) is 9.84. The fourth-order valence-electron chi connectivity index (χ4n) is 1.05. The number of carboxylic acids is 1. The highest BCUT2D eigenvalue weighted by Crippen LogP contribution is 2.26. The topological polar surface area (TPSA) is 53.3 Å². The quantitative estimate of drug-likeness (QED) is 0.655. The number of carbonyl (C=O) groups is 1. The van der Waals surface area contributed by atoms with E-state index in [9.17, 15) is 9.90 Å². The molecule has 0 unspecified atom stereocenters. The molecule has 0 aliphatic carbocycles. The van der Waals surface area contributed by atoms with Gasteiger partial charge in [-0.05, 0) is 13.0 Å². The monoisotopic (exact) mass is 181 g/mol. The average molecular weight is 181 g/mol. The fourth-order valence-corrected chi connectivity index (χ4v) is 1.05. The van der Waals surface area contributed by atoms with Crippen molar-refractivity contribution in [2.75, 3.05) is 0 Å². The third-order valence-corrected chi connectivity index (χ3v) is 1.88. The first-order valence-corrected chi connectivity index (χ1v) is 4.14. The van der Waals surface area contributed by atoms with Crippen LogP contribution in [-0.4, -0.2) is 5.97 Å². The van der Waals surface area contributed by atoms with Crippen LogP contribution in [0, 0.1) is 6.92 Å². The minimum absolute atomic E-state index is 0.143. The minimum Gasteiger partial charge on any atom is -0.545 e. The zero-order chi connectivity index (χ0) is 10.2. The number of carboxylic acid groups (broad SMARTS) is 1. The summed E-state index contributed by atoms with van der Waals surface area (Å²) in [6.07, 6.45) is 0. The van der Waals surface area contributed by atoms with Gasteiger partial charge in [0.25, 0.3) is 0 Å². The molecule has 0 aliphatic rings. The van der Waals surface area contributed by atoms with E-state index in [0.29, 0.717) is 11.5 Å². The van der Waals surface area contributed by atoms with Crippen LogP contribution in [0.25, 0.3) is 0 Å². The maximum Gasteiger partial charge on any atom is 0.110 e. The van der Waals surface area contributed by atoms with Gasteiger partial charge >= 0.3 is 0 Å². The Hall–Kier alpha value is -1.25. The first-order chi connectivity index (χ1) is 5.82. The molecule has 0 saturated carbocycles. The zero-order valence-electron chi connectivity index (χ0n) is 8.30. The smallest absolute Gasteiger partial charge is 0.110 e. The van der Waals surface area contributed by atoms with Crippen molar-refractivity contribution in [2.45, 2.75) is 33.1 Å². The lowest BCUT2D eigenvalue weighted by Crippen LogP contribution is -2.22. The van der Waals surface area contributed by atoms with Crippen molar-refractivity contribution in [3.05, 3.63) is 23.2 Å². The Labute approximate surface area is 77.4 Å². The number of hydrogen-bond acceptors (Lipinski definition) is 3. The molecule has 1 rings (SSSR count). The SMILES string of the molecule is Cc1oc(C(C)(C)C)cc1C(=O)[O-]. The number of carbonyl (C=O) groups excluding carboxylic acids is 1. The summed E-state index contributed by atoms with van der Waals surface area (Å²) in [6.45, 7) is 7.51. The number of aryl methyl sites for hydroxylation is 1. The second kappa shape index (κ2) is 2.91. The molecule has 0 spiro atoms. The van der Waals surface area contributed by atoms with E-state index < -0.39 is 5.97 Å². The molecule has 0 fully saturated rings. The van der Waals surface area contributed by atoms with Gasteiger partial charge in [-0.15, -0.1) is 0 Å². The normalized spacial score (nSPS) is 11.7. The molecule has 3 nitrogen and oxygen atoms in total. The van der Waals surface area contributed by atoms with Crippen molar-refractivity contribution in [3.8, 4) is 0 Å². The Morgan fingerprint density at radius 1 is 1.46 bits per heavy atom. The van der Waals surface area contributed by atoms with Gasteiger partial charge in [-0.1, -0.05) is 20.8 Å². The maximum atomic E-state index is 10.6. The molecule has 0 bridgehead atoms. The largest absolute Gasteiger partial charge is 0.545 e. The van der Waals surface area contributed by atoms with Gasteiger partial charge in [0.05, 0.1) is 5.97 Å². The molecule has 0 amide bonds. The van der Waals surface area contributed by atoms with E-state index in [1.54, 1.807) is 6.92 Å².